The van der Waals surface area contributed by atoms with Gasteiger partial charge in [0.2, 0.25) is 0 Å². The third kappa shape index (κ3) is 8.73. The first kappa shape index (κ1) is 32.2. The monoisotopic (exact) mass is 741 g/mol. The van der Waals surface area contributed by atoms with Gasteiger partial charge < -0.3 is 7.43 Å². The van der Waals surface area contributed by atoms with E-state index in [1.54, 1.807) is 0 Å². The van der Waals surface area contributed by atoms with E-state index in [-0.39, 0.29) is 7.43 Å². The fourth-order valence-corrected chi connectivity index (χ4v) is 3.78. The Morgan fingerprint density at radius 3 is 0.970 bits per heavy atom. The van der Waals surface area contributed by atoms with E-state index in [0.717, 1.165) is 22.8 Å². The van der Waals surface area contributed by atoms with Crippen molar-refractivity contribution < 1.29 is 16.1 Å². The minimum atomic E-state index is 0. The summed E-state index contributed by atoms with van der Waals surface area (Å²) in [7, 11) is 0. The fraction of sp³-hybridized carbons (Fsp3) is 0.483. The van der Waals surface area contributed by atoms with Crippen molar-refractivity contribution in [3.8, 4) is 0 Å². The summed E-state index contributed by atoms with van der Waals surface area (Å²) in [4.78, 5) is 10.3. The summed E-state index contributed by atoms with van der Waals surface area (Å²) in [5.74, 6) is 1.73. The fourth-order valence-electron chi connectivity index (χ4n) is 3.78. The first-order valence-electron chi connectivity index (χ1n) is 11.5. The second-order valence-corrected chi connectivity index (χ2v) is 9.58. The van der Waals surface area contributed by atoms with Crippen molar-refractivity contribution in [3.05, 3.63) is 66.1 Å². The van der Waals surface area contributed by atoms with Crippen LogP contribution < -0.4 is 0 Å². The number of benzene rings is 2. The van der Waals surface area contributed by atoms with E-state index >= 15 is 0 Å². The molecule has 0 atom stereocenters. The van der Waals surface area contributed by atoms with Crippen LogP contribution in [0.3, 0.4) is 0 Å². The molecule has 0 aromatic heterocycles. The van der Waals surface area contributed by atoms with E-state index in [0.29, 0.717) is 23.7 Å². The van der Waals surface area contributed by atoms with Gasteiger partial charge in [-0.3, -0.25) is 9.98 Å². The van der Waals surface area contributed by atoms with E-state index in [9.17, 15) is 0 Å². The Balaban J connectivity index is 0.00000332. The van der Waals surface area contributed by atoms with E-state index in [1.807, 2.05) is 0 Å². The molecule has 2 aromatic carbocycles. The van der Waals surface area contributed by atoms with Gasteiger partial charge in [0.1, 0.15) is 0 Å². The zero-order valence-corrected chi connectivity index (χ0v) is 26.8. The average Bonchev–Trinajstić information content (AvgIpc) is 2.74. The van der Waals surface area contributed by atoms with Crippen molar-refractivity contribution >= 4 is 42.2 Å². The van der Waals surface area contributed by atoms with Crippen LogP contribution in [0.5, 0.6) is 0 Å². The molecule has 0 bridgehead atoms. The molecule has 2 nitrogen and oxygen atoms in total. The first-order valence-corrected chi connectivity index (χ1v) is 18.0. The van der Waals surface area contributed by atoms with Gasteiger partial charge in [0.25, 0.3) is 0 Å². The van der Waals surface area contributed by atoms with Crippen LogP contribution in [0.25, 0.3) is 0 Å². The number of nitrogens with zero attached hydrogens (tertiary/aromatic N) is 2. The molecule has 2 rings (SSSR count). The molecule has 0 saturated carbocycles. The third-order valence-electron chi connectivity index (χ3n) is 5.77. The van der Waals surface area contributed by atoms with Crippen molar-refractivity contribution in [3.63, 3.8) is 0 Å². The van der Waals surface area contributed by atoms with E-state index < -0.39 is 0 Å². The average molecular weight is 742 g/mol. The van der Waals surface area contributed by atoms with Crippen LogP contribution in [0.4, 0.5) is 11.4 Å². The molecule has 0 aliphatic heterocycles. The molecule has 0 unspecified atom stereocenters. The summed E-state index contributed by atoms with van der Waals surface area (Å²) in [6.07, 6.45) is 0. The van der Waals surface area contributed by atoms with E-state index in [2.05, 4.69) is 141 Å². The van der Waals surface area contributed by atoms with Crippen LogP contribution in [-0.2, 0) is 16.1 Å². The molecule has 0 N–H and O–H groups in total. The summed E-state index contributed by atoms with van der Waals surface area (Å²) in [5.41, 5.74) is 9.43. The molecule has 0 saturated heterocycles. The van der Waals surface area contributed by atoms with Crippen LogP contribution in [0.15, 0.2) is 46.4 Å². The van der Waals surface area contributed by atoms with Crippen LogP contribution in [0.1, 0.15) is 115 Å². The van der Waals surface area contributed by atoms with Crippen molar-refractivity contribution in [2.24, 2.45) is 9.98 Å². The number of halogens is 1. The summed E-state index contributed by atoms with van der Waals surface area (Å²) in [6.45, 7) is 22.1. The summed E-state index contributed by atoms with van der Waals surface area (Å²) in [6, 6.07) is 13.2. The molecule has 33 heavy (non-hydrogen) atoms. The summed E-state index contributed by atoms with van der Waals surface area (Å²) in [5, 5.41) is 0. The van der Waals surface area contributed by atoms with Gasteiger partial charge in [-0.2, -0.15) is 0 Å². The molecule has 0 spiro atoms. The Bertz CT molecular complexity index is 811. The molecule has 0 aliphatic rings. The standard InChI is InChI=1S/C28H40N2.CH3.HI.Pt/c1-17(2)23-13-11-14-24(18(3)4)27(23)29-21(9)22(10)30-28-25(19(5)6)15-12-16-26(28)20(7)8;;;/h11-20H,1-10H3;1H3;1H;/q;-1;;+2/p-1. The second kappa shape index (κ2) is 15.2. The molecular weight excluding hydrogens is 698 g/mol. The van der Waals surface area contributed by atoms with Gasteiger partial charge in [-0.25, -0.2) is 0 Å². The van der Waals surface area contributed by atoms with Crippen LogP contribution in [0.2, 0.25) is 0 Å². The summed E-state index contributed by atoms with van der Waals surface area (Å²) < 4.78 is 0. The van der Waals surface area contributed by atoms with Crippen molar-refractivity contribution in [1.29, 1.82) is 0 Å². The second-order valence-electron chi connectivity index (χ2n) is 9.58. The van der Waals surface area contributed by atoms with Crippen LogP contribution >= 0.6 is 19.4 Å². The Hall–Kier alpha value is -0.802. The van der Waals surface area contributed by atoms with Gasteiger partial charge >= 0.3 is 35.5 Å². The number of hydrogen-bond donors (Lipinski definition) is 0. The number of aliphatic imine (C=N–C) groups is 2. The maximum atomic E-state index is 5.13. The number of rotatable bonds is 7. The van der Waals surface area contributed by atoms with Crippen molar-refractivity contribution in [2.75, 3.05) is 0 Å². The van der Waals surface area contributed by atoms with Crippen molar-refractivity contribution in [2.45, 2.75) is 92.9 Å². The molecule has 2 aromatic rings. The van der Waals surface area contributed by atoms with Gasteiger partial charge in [-0.1, -0.05) is 91.8 Å². The zero-order chi connectivity index (χ0) is 24.6. The third-order valence-corrected chi connectivity index (χ3v) is 5.77. The van der Waals surface area contributed by atoms with Gasteiger partial charge in [-0.05, 0) is 59.8 Å². The summed E-state index contributed by atoms with van der Waals surface area (Å²) >= 11 is 4.23. The molecule has 0 heterocycles. The predicted molar refractivity (Wildman–Crippen MR) is 155 cm³/mol. The Morgan fingerprint density at radius 2 is 0.788 bits per heavy atom. The van der Waals surface area contributed by atoms with Gasteiger partial charge in [0.05, 0.1) is 22.8 Å². The Kier molecular flexibility index (Phi) is 14.9. The van der Waals surface area contributed by atoms with Gasteiger partial charge in [0, 0.05) is 0 Å². The molecule has 186 valence electrons. The Labute approximate surface area is 225 Å². The Morgan fingerprint density at radius 1 is 0.576 bits per heavy atom. The minimum absolute atomic E-state index is 0. The normalized spacial score (nSPS) is 12.3. The number of para-hydroxylation sites is 2. The van der Waals surface area contributed by atoms with Gasteiger partial charge in [-0.15, -0.1) is 0 Å². The zero-order valence-electron chi connectivity index (χ0n) is 22.4. The molecule has 0 fully saturated rings. The van der Waals surface area contributed by atoms with Crippen molar-refractivity contribution in [1.82, 2.24) is 0 Å². The molecule has 4 heteroatoms. The number of hydrogen-bond acceptors (Lipinski definition) is 2. The van der Waals surface area contributed by atoms with Crippen LogP contribution in [0, 0.1) is 7.43 Å². The SMILES string of the molecule is CC(=Nc1c(C(C)C)cccc1C(C)C)C(C)=Nc1c(C(C)C)cccc1C(C)C.[CH3-].[I][Pt+]. The quantitative estimate of drug-likeness (QED) is 0.153. The molecular formula is C29H43IN2Pt. The van der Waals surface area contributed by atoms with E-state index in [4.69, 9.17) is 9.98 Å². The van der Waals surface area contributed by atoms with E-state index in [1.165, 1.54) is 22.3 Å². The topological polar surface area (TPSA) is 24.7 Å². The molecule has 0 aliphatic carbocycles. The maximum absolute atomic E-state index is 5.13. The van der Waals surface area contributed by atoms with Crippen LogP contribution in [-0.4, -0.2) is 11.4 Å². The first-order chi connectivity index (χ1) is 15.0. The van der Waals surface area contributed by atoms with Gasteiger partial charge in [0.15, 0.2) is 0 Å². The predicted octanol–water partition coefficient (Wildman–Crippen LogP) is 10.4. The molecule has 0 amide bonds. The molecule has 0 radical (unpaired) electrons.